The smallest absolute Gasteiger partial charge is 0.257 e. The van der Waals surface area contributed by atoms with E-state index >= 15 is 0 Å². The Morgan fingerprint density at radius 1 is 0.857 bits per heavy atom. The lowest BCUT2D eigenvalue weighted by Crippen LogP contribution is -2.27. The van der Waals surface area contributed by atoms with Crippen molar-refractivity contribution in [2.24, 2.45) is 0 Å². The van der Waals surface area contributed by atoms with E-state index in [2.05, 4.69) is 5.32 Å². The largest absolute Gasteiger partial charge is 0.457 e. The Morgan fingerprint density at radius 2 is 1.54 bits per heavy atom. The quantitative estimate of drug-likeness (QED) is 0.696. The van der Waals surface area contributed by atoms with Crippen molar-refractivity contribution in [2.75, 3.05) is 16.8 Å². The molecule has 28 heavy (non-hydrogen) atoms. The lowest BCUT2D eigenvalue weighted by molar-refractivity contribution is -0.117. The molecule has 1 aliphatic rings. The Labute approximate surface area is 163 Å². The second kappa shape index (κ2) is 7.96. The van der Waals surface area contributed by atoms with E-state index < -0.39 is 0 Å². The van der Waals surface area contributed by atoms with E-state index in [4.69, 9.17) is 4.74 Å². The minimum absolute atomic E-state index is 0.0580. The molecule has 1 fully saturated rings. The molecule has 3 aromatic rings. The van der Waals surface area contributed by atoms with Gasteiger partial charge in [-0.2, -0.15) is 0 Å². The second-order valence-corrected chi connectivity index (χ2v) is 6.56. The molecule has 1 N–H and O–H groups in total. The Kier molecular flexibility index (Phi) is 5.06. The van der Waals surface area contributed by atoms with Gasteiger partial charge in [0.15, 0.2) is 0 Å². The maximum atomic E-state index is 12.8. The number of amides is 2. The fourth-order valence-electron chi connectivity index (χ4n) is 3.23. The van der Waals surface area contributed by atoms with Crippen molar-refractivity contribution in [1.82, 2.24) is 0 Å². The van der Waals surface area contributed by atoms with Crippen molar-refractivity contribution < 1.29 is 14.3 Å². The summed E-state index contributed by atoms with van der Waals surface area (Å²) in [5, 5.41) is 2.90. The van der Waals surface area contributed by atoms with E-state index in [0.717, 1.165) is 12.2 Å². The zero-order valence-corrected chi connectivity index (χ0v) is 15.3. The number of hydrogen-bond donors (Lipinski definition) is 1. The van der Waals surface area contributed by atoms with Gasteiger partial charge in [0.1, 0.15) is 11.5 Å². The summed E-state index contributed by atoms with van der Waals surface area (Å²) in [5.74, 6) is 1.26. The molecule has 0 radical (unpaired) electrons. The molecule has 5 nitrogen and oxygen atoms in total. The van der Waals surface area contributed by atoms with Gasteiger partial charge in [-0.3, -0.25) is 9.59 Å². The van der Waals surface area contributed by atoms with Gasteiger partial charge in [-0.1, -0.05) is 30.3 Å². The van der Waals surface area contributed by atoms with Crippen LogP contribution in [0.5, 0.6) is 11.5 Å². The molecule has 1 aliphatic heterocycles. The SMILES string of the molecule is O=C(Nc1ccc(Oc2ccccc2)cc1)c1ccccc1N1CCCC1=O. The van der Waals surface area contributed by atoms with Gasteiger partial charge >= 0.3 is 0 Å². The Balaban J connectivity index is 1.48. The van der Waals surface area contributed by atoms with Gasteiger partial charge in [-0.25, -0.2) is 0 Å². The van der Waals surface area contributed by atoms with Crippen LogP contribution in [0, 0.1) is 0 Å². The van der Waals surface area contributed by atoms with Crippen LogP contribution >= 0.6 is 0 Å². The highest BCUT2D eigenvalue weighted by molar-refractivity contribution is 6.11. The van der Waals surface area contributed by atoms with E-state index in [0.29, 0.717) is 35.7 Å². The first-order valence-corrected chi connectivity index (χ1v) is 9.24. The number of hydrogen-bond acceptors (Lipinski definition) is 3. The molecular formula is C23H20N2O3. The van der Waals surface area contributed by atoms with E-state index in [1.807, 2.05) is 42.5 Å². The second-order valence-electron chi connectivity index (χ2n) is 6.56. The molecular weight excluding hydrogens is 352 g/mol. The Morgan fingerprint density at radius 3 is 2.25 bits per heavy atom. The summed E-state index contributed by atoms with van der Waals surface area (Å²) in [6.45, 7) is 0.647. The average molecular weight is 372 g/mol. The lowest BCUT2D eigenvalue weighted by Gasteiger charge is -2.19. The summed E-state index contributed by atoms with van der Waals surface area (Å²) in [6.07, 6.45) is 1.34. The number of carbonyl (C=O) groups excluding carboxylic acids is 2. The standard InChI is InChI=1S/C23H20N2O3/c26-22-11-6-16-25(22)21-10-5-4-9-20(21)23(27)24-17-12-14-19(15-13-17)28-18-7-2-1-3-8-18/h1-5,7-10,12-15H,6,11,16H2,(H,24,27). The zero-order valence-electron chi connectivity index (χ0n) is 15.3. The van der Waals surface area contributed by atoms with Gasteiger partial charge < -0.3 is 15.0 Å². The van der Waals surface area contributed by atoms with Crippen LogP contribution < -0.4 is 15.0 Å². The van der Waals surface area contributed by atoms with Crippen LogP contribution in [-0.4, -0.2) is 18.4 Å². The molecule has 3 aromatic carbocycles. The monoisotopic (exact) mass is 372 g/mol. The van der Waals surface area contributed by atoms with Gasteiger partial charge in [-0.05, 0) is 55.0 Å². The molecule has 0 aromatic heterocycles. The number of rotatable bonds is 5. The molecule has 0 spiro atoms. The van der Waals surface area contributed by atoms with Crippen LogP contribution in [0.1, 0.15) is 23.2 Å². The van der Waals surface area contributed by atoms with Crippen molar-refractivity contribution >= 4 is 23.2 Å². The van der Waals surface area contributed by atoms with Gasteiger partial charge in [-0.15, -0.1) is 0 Å². The first kappa shape index (κ1) is 17.8. The Hall–Kier alpha value is -3.60. The molecule has 5 heteroatoms. The minimum atomic E-state index is -0.243. The van der Waals surface area contributed by atoms with E-state index in [9.17, 15) is 9.59 Å². The van der Waals surface area contributed by atoms with Crippen molar-refractivity contribution in [2.45, 2.75) is 12.8 Å². The predicted octanol–water partition coefficient (Wildman–Crippen LogP) is 4.86. The summed E-state index contributed by atoms with van der Waals surface area (Å²) in [5.41, 5.74) is 1.81. The molecule has 140 valence electrons. The molecule has 0 atom stereocenters. The van der Waals surface area contributed by atoms with Gasteiger partial charge in [0.25, 0.3) is 5.91 Å². The van der Waals surface area contributed by atoms with Crippen molar-refractivity contribution in [3.8, 4) is 11.5 Å². The summed E-state index contributed by atoms with van der Waals surface area (Å²) in [4.78, 5) is 26.6. The normalized spacial score (nSPS) is 13.4. The van der Waals surface area contributed by atoms with Crippen molar-refractivity contribution in [3.63, 3.8) is 0 Å². The molecule has 4 rings (SSSR count). The van der Waals surface area contributed by atoms with Crippen LogP contribution in [0.4, 0.5) is 11.4 Å². The first-order valence-electron chi connectivity index (χ1n) is 9.24. The van der Waals surface area contributed by atoms with Crippen molar-refractivity contribution in [1.29, 1.82) is 0 Å². The number of anilines is 2. The number of carbonyl (C=O) groups is 2. The predicted molar refractivity (Wildman–Crippen MR) is 109 cm³/mol. The topological polar surface area (TPSA) is 58.6 Å². The van der Waals surface area contributed by atoms with Crippen molar-refractivity contribution in [3.05, 3.63) is 84.4 Å². The minimum Gasteiger partial charge on any atom is -0.457 e. The Bertz CT molecular complexity index is 984. The number of para-hydroxylation sites is 2. The molecule has 1 heterocycles. The summed E-state index contributed by atoms with van der Waals surface area (Å²) < 4.78 is 5.76. The van der Waals surface area contributed by atoms with E-state index in [1.165, 1.54) is 0 Å². The molecule has 0 bridgehead atoms. The fourth-order valence-corrected chi connectivity index (χ4v) is 3.23. The number of benzene rings is 3. The maximum Gasteiger partial charge on any atom is 0.257 e. The number of nitrogens with one attached hydrogen (secondary N) is 1. The summed E-state index contributed by atoms with van der Waals surface area (Å²) in [7, 11) is 0. The van der Waals surface area contributed by atoms with Gasteiger partial charge in [0, 0.05) is 18.7 Å². The summed E-state index contributed by atoms with van der Waals surface area (Å²) in [6, 6.07) is 23.9. The number of nitrogens with zero attached hydrogens (tertiary/aromatic N) is 1. The van der Waals surface area contributed by atoms with Crippen LogP contribution in [0.25, 0.3) is 0 Å². The molecule has 1 saturated heterocycles. The fraction of sp³-hybridized carbons (Fsp3) is 0.130. The van der Waals surface area contributed by atoms with E-state index in [-0.39, 0.29) is 11.8 Å². The highest BCUT2D eigenvalue weighted by atomic mass is 16.5. The molecule has 0 aliphatic carbocycles. The van der Waals surface area contributed by atoms with Crippen LogP contribution in [-0.2, 0) is 4.79 Å². The third-order valence-corrected chi connectivity index (χ3v) is 4.60. The maximum absolute atomic E-state index is 12.8. The first-order chi connectivity index (χ1) is 13.7. The lowest BCUT2D eigenvalue weighted by atomic mass is 10.1. The molecule has 0 saturated carbocycles. The van der Waals surface area contributed by atoms with Gasteiger partial charge in [0.2, 0.25) is 5.91 Å². The van der Waals surface area contributed by atoms with Crippen LogP contribution in [0.2, 0.25) is 0 Å². The highest BCUT2D eigenvalue weighted by Gasteiger charge is 2.25. The van der Waals surface area contributed by atoms with Crippen LogP contribution in [0.3, 0.4) is 0 Å². The highest BCUT2D eigenvalue weighted by Crippen LogP contribution is 2.27. The molecule has 2 amide bonds. The third-order valence-electron chi connectivity index (χ3n) is 4.60. The van der Waals surface area contributed by atoms with Gasteiger partial charge in [0.05, 0.1) is 11.3 Å². The average Bonchev–Trinajstić information content (AvgIpc) is 3.16. The molecule has 0 unspecified atom stereocenters. The zero-order chi connectivity index (χ0) is 19.3. The van der Waals surface area contributed by atoms with Crippen LogP contribution in [0.15, 0.2) is 78.9 Å². The summed E-state index contributed by atoms with van der Waals surface area (Å²) >= 11 is 0. The third kappa shape index (κ3) is 3.88. The number of ether oxygens (including phenoxy) is 1. The van der Waals surface area contributed by atoms with E-state index in [1.54, 1.807) is 41.3 Å².